The van der Waals surface area contributed by atoms with Gasteiger partial charge in [0, 0.05) is 19.0 Å². The molecule has 1 saturated heterocycles. The molecule has 1 aromatic rings. The molecule has 1 fully saturated rings. The van der Waals surface area contributed by atoms with Gasteiger partial charge in [-0.05, 0) is 30.5 Å². The van der Waals surface area contributed by atoms with Crippen molar-refractivity contribution in [1.82, 2.24) is 10.2 Å². The average molecular weight is 306 g/mol. The van der Waals surface area contributed by atoms with Crippen LogP contribution in [0, 0.1) is 0 Å². The van der Waals surface area contributed by atoms with Crippen molar-refractivity contribution in [3.63, 3.8) is 0 Å². The van der Waals surface area contributed by atoms with Gasteiger partial charge in [-0.1, -0.05) is 12.1 Å². The number of hydrogen-bond acceptors (Lipinski definition) is 3. The number of likely N-dealkylation sites (tertiary alicyclic amines) is 1. The summed E-state index contributed by atoms with van der Waals surface area (Å²) in [7, 11) is 0. The van der Waals surface area contributed by atoms with Gasteiger partial charge in [0.1, 0.15) is 6.54 Å². The monoisotopic (exact) mass is 306 g/mol. The smallest absolute Gasteiger partial charge is 0.335 e. The molecule has 1 aliphatic rings. The number of nitrogens with one attached hydrogen (secondary N) is 1. The highest BCUT2D eigenvalue weighted by Crippen LogP contribution is 2.27. The number of benzene rings is 1. The van der Waals surface area contributed by atoms with Crippen molar-refractivity contribution in [2.75, 3.05) is 19.6 Å². The van der Waals surface area contributed by atoms with Crippen LogP contribution in [0.15, 0.2) is 24.3 Å². The zero-order valence-electron chi connectivity index (χ0n) is 12.0. The molecule has 1 atom stereocenters. The van der Waals surface area contributed by atoms with Gasteiger partial charge in [-0.2, -0.15) is 0 Å². The minimum atomic E-state index is -1.09. The maximum absolute atomic E-state index is 11.9. The highest BCUT2D eigenvalue weighted by atomic mass is 16.4. The Labute approximate surface area is 127 Å². The fourth-order valence-electron chi connectivity index (χ4n) is 2.62. The van der Waals surface area contributed by atoms with Crippen LogP contribution in [0.4, 0.5) is 4.79 Å². The van der Waals surface area contributed by atoms with E-state index in [4.69, 9.17) is 10.2 Å². The second-order valence-corrected chi connectivity index (χ2v) is 5.27. The van der Waals surface area contributed by atoms with Gasteiger partial charge < -0.3 is 20.4 Å². The Hall–Kier alpha value is -2.57. The molecule has 0 radical (unpaired) electrons. The van der Waals surface area contributed by atoms with Crippen LogP contribution >= 0.6 is 0 Å². The van der Waals surface area contributed by atoms with Crippen LogP contribution in [0.2, 0.25) is 0 Å². The molecule has 2 rings (SSSR count). The van der Waals surface area contributed by atoms with Crippen LogP contribution in [0.1, 0.15) is 34.7 Å². The van der Waals surface area contributed by atoms with Crippen LogP contribution in [0.3, 0.4) is 0 Å². The quantitative estimate of drug-likeness (QED) is 0.778. The second-order valence-electron chi connectivity index (χ2n) is 5.27. The molecule has 2 amide bonds. The van der Waals surface area contributed by atoms with Crippen LogP contribution in [-0.2, 0) is 4.79 Å². The molecule has 7 heteroatoms. The number of piperidine rings is 1. The highest BCUT2D eigenvalue weighted by Gasteiger charge is 2.25. The average Bonchev–Trinajstić information content (AvgIpc) is 2.52. The number of urea groups is 1. The zero-order valence-corrected chi connectivity index (χ0v) is 12.0. The molecule has 7 nitrogen and oxygen atoms in total. The molecule has 1 aliphatic heterocycles. The lowest BCUT2D eigenvalue weighted by Crippen LogP contribution is -2.46. The summed E-state index contributed by atoms with van der Waals surface area (Å²) in [6.07, 6.45) is 1.66. The first kappa shape index (κ1) is 15.8. The molecule has 118 valence electrons. The van der Waals surface area contributed by atoms with Gasteiger partial charge in [-0.25, -0.2) is 9.59 Å². The van der Waals surface area contributed by atoms with Gasteiger partial charge in [-0.3, -0.25) is 4.79 Å². The van der Waals surface area contributed by atoms with Gasteiger partial charge in [0.15, 0.2) is 0 Å². The lowest BCUT2D eigenvalue weighted by Gasteiger charge is -2.33. The second kappa shape index (κ2) is 6.93. The maximum atomic E-state index is 11.9. The molecule has 22 heavy (non-hydrogen) atoms. The van der Waals surface area contributed by atoms with Gasteiger partial charge in [0.25, 0.3) is 0 Å². The maximum Gasteiger partial charge on any atom is 0.335 e. The van der Waals surface area contributed by atoms with E-state index >= 15 is 0 Å². The number of aliphatic carboxylic acids is 1. The highest BCUT2D eigenvalue weighted by molar-refractivity contribution is 5.87. The zero-order chi connectivity index (χ0) is 16.1. The Bertz CT molecular complexity index is 587. The third kappa shape index (κ3) is 3.97. The largest absolute Gasteiger partial charge is 0.480 e. The van der Waals surface area contributed by atoms with Crippen molar-refractivity contribution >= 4 is 18.0 Å². The van der Waals surface area contributed by atoms with Crippen molar-refractivity contribution in [1.29, 1.82) is 0 Å². The SMILES string of the molecule is O=C(O)CNC(=O)N1CCC[C@H](c2cccc(C(=O)O)c2)C1. The molecule has 0 saturated carbocycles. The van der Waals surface area contributed by atoms with E-state index in [0.717, 1.165) is 18.4 Å². The number of aromatic carboxylic acids is 1. The fourth-order valence-corrected chi connectivity index (χ4v) is 2.62. The van der Waals surface area contributed by atoms with E-state index in [2.05, 4.69) is 5.32 Å². The molecule has 0 spiro atoms. The number of hydrogen-bond donors (Lipinski definition) is 3. The van der Waals surface area contributed by atoms with Crippen molar-refractivity contribution in [2.45, 2.75) is 18.8 Å². The van der Waals surface area contributed by atoms with Crippen molar-refractivity contribution in [3.8, 4) is 0 Å². The van der Waals surface area contributed by atoms with E-state index in [9.17, 15) is 14.4 Å². The Morgan fingerprint density at radius 3 is 2.73 bits per heavy atom. The number of nitrogens with zero attached hydrogens (tertiary/aromatic N) is 1. The summed E-state index contributed by atoms with van der Waals surface area (Å²) in [5, 5.41) is 20.0. The molecular weight excluding hydrogens is 288 g/mol. The summed E-state index contributed by atoms with van der Waals surface area (Å²) in [5.41, 5.74) is 1.11. The van der Waals surface area contributed by atoms with Gasteiger partial charge in [0.05, 0.1) is 5.56 Å². The van der Waals surface area contributed by atoms with Crippen LogP contribution in [-0.4, -0.2) is 52.7 Å². The summed E-state index contributed by atoms with van der Waals surface area (Å²) in [6.45, 7) is 0.615. The number of carboxylic acids is 2. The number of carboxylic acid groups (broad SMARTS) is 2. The van der Waals surface area contributed by atoms with E-state index in [1.165, 1.54) is 6.07 Å². The van der Waals surface area contributed by atoms with E-state index in [-0.39, 0.29) is 11.5 Å². The van der Waals surface area contributed by atoms with E-state index in [1.807, 2.05) is 6.07 Å². The first-order valence-electron chi connectivity index (χ1n) is 7.05. The lowest BCUT2D eigenvalue weighted by atomic mass is 9.90. The first-order valence-corrected chi connectivity index (χ1v) is 7.05. The normalized spacial score (nSPS) is 17.8. The molecule has 3 N–H and O–H groups in total. The summed E-state index contributed by atoms with van der Waals surface area (Å²) in [6, 6.07) is 6.32. The van der Waals surface area contributed by atoms with Crippen molar-refractivity contribution in [2.24, 2.45) is 0 Å². The third-order valence-electron chi connectivity index (χ3n) is 3.70. The molecule has 0 unspecified atom stereocenters. The number of carbonyl (C=O) groups is 3. The Morgan fingerprint density at radius 1 is 1.27 bits per heavy atom. The van der Waals surface area contributed by atoms with Gasteiger partial charge >= 0.3 is 18.0 Å². The molecule has 0 aromatic heterocycles. The topological polar surface area (TPSA) is 107 Å². The van der Waals surface area contributed by atoms with E-state index in [0.29, 0.717) is 13.1 Å². The molecule has 1 heterocycles. The Balaban J connectivity index is 2.04. The van der Waals surface area contributed by atoms with Gasteiger partial charge in [-0.15, -0.1) is 0 Å². The summed E-state index contributed by atoms with van der Waals surface area (Å²) in [4.78, 5) is 35.0. The third-order valence-corrected chi connectivity index (χ3v) is 3.70. The van der Waals surface area contributed by atoms with E-state index in [1.54, 1.807) is 17.0 Å². The molecule has 0 aliphatic carbocycles. The standard InChI is InChI=1S/C15H18N2O5/c18-13(19)8-16-15(22)17-6-2-5-12(9-17)10-3-1-4-11(7-10)14(20)21/h1,3-4,7,12H,2,5-6,8-9H2,(H,16,22)(H,18,19)(H,20,21)/t12-/m0/s1. The van der Waals surface area contributed by atoms with Crippen molar-refractivity contribution in [3.05, 3.63) is 35.4 Å². The molecule has 1 aromatic carbocycles. The van der Waals surface area contributed by atoms with Crippen LogP contribution in [0.5, 0.6) is 0 Å². The van der Waals surface area contributed by atoms with Crippen LogP contribution in [0.25, 0.3) is 0 Å². The lowest BCUT2D eigenvalue weighted by molar-refractivity contribution is -0.135. The minimum absolute atomic E-state index is 0.0589. The van der Waals surface area contributed by atoms with E-state index < -0.39 is 24.5 Å². The molecule has 0 bridgehead atoms. The predicted octanol–water partition coefficient (Wildman–Crippen LogP) is 1.36. The van der Waals surface area contributed by atoms with Gasteiger partial charge in [0.2, 0.25) is 0 Å². The molecular formula is C15H18N2O5. The fraction of sp³-hybridized carbons (Fsp3) is 0.400. The number of amides is 2. The van der Waals surface area contributed by atoms with Crippen molar-refractivity contribution < 1.29 is 24.6 Å². The Morgan fingerprint density at radius 2 is 2.05 bits per heavy atom. The summed E-state index contributed by atoms with van der Waals surface area (Å²) in [5.74, 6) is -2.01. The van der Waals surface area contributed by atoms with Crippen LogP contribution < -0.4 is 5.32 Å². The Kier molecular flexibility index (Phi) is 4.98. The minimum Gasteiger partial charge on any atom is -0.480 e. The number of carbonyl (C=O) groups excluding carboxylic acids is 1. The number of rotatable bonds is 4. The first-order chi connectivity index (χ1) is 10.5. The summed E-state index contributed by atoms with van der Waals surface area (Å²) >= 11 is 0. The predicted molar refractivity (Wildman–Crippen MR) is 78.0 cm³/mol. The summed E-state index contributed by atoms with van der Waals surface area (Å²) < 4.78 is 0.